The van der Waals surface area contributed by atoms with Gasteiger partial charge in [0.2, 0.25) is 0 Å². The number of carbonyl (C=O) groups excluding carboxylic acids is 1. The fraction of sp³-hybridized carbons (Fsp3) is 0. The predicted octanol–water partition coefficient (Wildman–Crippen LogP) is 3.01. The first-order valence-corrected chi connectivity index (χ1v) is 5.19. The van der Waals surface area contributed by atoms with Crippen molar-refractivity contribution in [3.63, 3.8) is 0 Å². The lowest BCUT2D eigenvalue weighted by molar-refractivity contribution is 0.103. The first kappa shape index (κ1) is 11.0. The van der Waals surface area contributed by atoms with E-state index in [9.17, 15) is 4.79 Å². The Bertz CT molecular complexity index is 496. The zero-order chi connectivity index (χ0) is 11.5. The molecule has 2 aromatic heterocycles. The molecule has 3 nitrogen and oxygen atoms in total. The van der Waals surface area contributed by atoms with Crippen LogP contribution in [0.3, 0.4) is 0 Å². The number of ketones is 1. The van der Waals surface area contributed by atoms with Gasteiger partial charge in [-0.25, -0.2) is 0 Å². The Morgan fingerprint density at radius 2 is 1.38 bits per heavy atom. The number of aromatic nitrogens is 2. The minimum atomic E-state index is -0.281. The van der Waals surface area contributed by atoms with Crippen molar-refractivity contribution in [2.75, 3.05) is 0 Å². The summed E-state index contributed by atoms with van der Waals surface area (Å²) in [7, 11) is 0. The third-order valence-electron chi connectivity index (χ3n) is 2.02. The van der Waals surface area contributed by atoms with Gasteiger partial charge in [-0.3, -0.25) is 14.8 Å². The van der Waals surface area contributed by atoms with Gasteiger partial charge in [-0.1, -0.05) is 23.2 Å². The highest BCUT2D eigenvalue weighted by molar-refractivity contribution is 6.38. The normalized spacial score (nSPS) is 10.1. The van der Waals surface area contributed by atoms with Crippen LogP contribution in [0, 0.1) is 0 Å². The van der Waals surface area contributed by atoms with Crippen LogP contribution in [-0.2, 0) is 0 Å². The van der Waals surface area contributed by atoms with Crippen LogP contribution in [-0.4, -0.2) is 15.8 Å². The fourth-order valence-corrected chi connectivity index (χ4v) is 1.62. The molecule has 2 rings (SSSR count). The Labute approximate surface area is 102 Å². The van der Waals surface area contributed by atoms with E-state index in [4.69, 9.17) is 23.2 Å². The molecule has 2 aromatic rings. The number of rotatable bonds is 2. The van der Waals surface area contributed by atoms with Crippen molar-refractivity contribution in [1.29, 1.82) is 0 Å². The molecular weight excluding hydrogens is 247 g/mol. The maximum absolute atomic E-state index is 12.0. The molecule has 5 heteroatoms. The summed E-state index contributed by atoms with van der Waals surface area (Å²) in [4.78, 5) is 19.7. The molecule has 0 aliphatic rings. The van der Waals surface area contributed by atoms with Crippen LogP contribution in [0.5, 0.6) is 0 Å². The molecule has 16 heavy (non-hydrogen) atoms. The van der Waals surface area contributed by atoms with Crippen molar-refractivity contribution in [1.82, 2.24) is 9.97 Å². The summed E-state index contributed by atoms with van der Waals surface area (Å²) in [6.45, 7) is 0. The minimum absolute atomic E-state index is 0.281. The maximum Gasteiger partial charge on any atom is 0.199 e. The Balaban J connectivity index is 2.48. The van der Waals surface area contributed by atoms with Gasteiger partial charge in [-0.05, 0) is 12.1 Å². The number of carbonyl (C=O) groups is 1. The topological polar surface area (TPSA) is 42.9 Å². The number of nitrogens with zero attached hydrogens (tertiary/aromatic N) is 2. The molecule has 0 aliphatic heterocycles. The molecule has 0 radical (unpaired) electrons. The molecule has 0 saturated carbocycles. The summed E-state index contributed by atoms with van der Waals surface area (Å²) in [6, 6.07) is 3.11. The van der Waals surface area contributed by atoms with Crippen LogP contribution < -0.4 is 0 Å². The third kappa shape index (κ3) is 2.05. The summed E-state index contributed by atoms with van der Waals surface area (Å²) in [5, 5.41) is 0.694. The molecular formula is C11H6Cl2N2O. The van der Waals surface area contributed by atoms with Crippen LogP contribution in [0.15, 0.2) is 36.9 Å². The van der Waals surface area contributed by atoms with Crippen molar-refractivity contribution in [2.45, 2.75) is 0 Å². The standard InChI is InChI=1S/C11H6Cl2N2O/c12-9-1-3-14-5-7(9)11(16)8-6-15-4-2-10(8)13/h1-6H. The second-order valence-electron chi connectivity index (χ2n) is 3.04. The maximum atomic E-state index is 12.0. The molecule has 2 heterocycles. The molecule has 0 fully saturated rings. The van der Waals surface area contributed by atoms with E-state index >= 15 is 0 Å². The molecule has 0 spiro atoms. The number of hydrogen-bond acceptors (Lipinski definition) is 3. The van der Waals surface area contributed by atoms with Crippen LogP contribution >= 0.6 is 23.2 Å². The molecule has 0 aliphatic carbocycles. The number of halogens is 2. The van der Waals surface area contributed by atoms with E-state index in [2.05, 4.69) is 9.97 Å². The molecule has 0 aromatic carbocycles. The van der Waals surface area contributed by atoms with Crippen molar-refractivity contribution in [2.24, 2.45) is 0 Å². The zero-order valence-electron chi connectivity index (χ0n) is 8.02. The lowest BCUT2D eigenvalue weighted by Gasteiger charge is -2.03. The van der Waals surface area contributed by atoms with E-state index in [1.54, 1.807) is 12.1 Å². The summed E-state index contributed by atoms with van der Waals surface area (Å²) in [6.07, 6.45) is 5.86. The van der Waals surface area contributed by atoms with Gasteiger partial charge < -0.3 is 0 Å². The van der Waals surface area contributed by atoms with Crippen molar-refractivity contribution in [3.05, 3.63) is 58.1 Å². The average Bonchev–Trinajstić information content (AvgIpc) is 2.29. The predicted molar refractivity (Wildman–Crippen MR) is 61.9 cm³/mol. The van der Waals surface area contributed by atoms with Crippen molar-refractivity contribution < 1.29 is 4.79 Å². The Hall–Kier alpha value is -1.45. The fourth-order valence-electron chi connectivity index (χ4n) is 1.23. The van der Waals surface area contributed by atoms with E-state index in [-0.39, 0.29) is 5.78 Å². The van der Waals surface area contributed by atoms with Gasteiger partial charge >= 0.3 is 0 Å². The summed E-state index contributed by atoms with van der Waals surface area (Å²) >= 11 is 11.8. The van der Waals surface area contributed by atoms with E-state index in [0.717, 1.165) is 0 Å². The SMILES string of the molecule is O=C(c1cnccc1Cl)c1cnccc1Cl. The minimum Gasteiger partial charge on any atom is -0.288 e. The smallest absolute Gasteiger partial charge is 0.199 e. The largest absolute Gasteiger partial charge is 0.288 e. The Morgan fingerprint density at radius 1 is 0.938 bits per heavy atom. The lowest BCUT2D eigenvalue weighted by Crippen LogP contribution is -2.04. The Kier molecular flexibility index (Phi) is 3.17. The number of pyridine rings is 2. The van der Waals surface area contributed by atoms with E-state index in [1.165, 1.54) is 24.8 Å². The second kappa shape index (κ2) is 4.60. The van der Waals surface area contributed by atoms with Gasteiger partial charge in [0.1, 0.15) is 0 Å². The van der Waals surface area contributed by atoms with Crippen LogP contribution in [0.25, 0.3) is 0 Å². The van der Waals surface area contributed by atoms with Gasteiger partial charge in [0.15, 0.2) is 5.78 Å². The van der Waals surface area contributed by atoms with Crippen molar-refractivity contribution in [3.8, 4) is 0 Å². The first-order chi connectivity index (χ1) is 7.70. The molecule has 0 bridgehead atoms. The summed E-state index contributed by atoms with van der Waals surface area (Å²) in [5.74, 6) is -0.281. The van der Waals surface area contributed by atoms with Gasteiger partial charge in [-0.15, -0.1) is 0 Å². The van der Waals surface area contributed by atoms with E-state index < -0.39 is 0 Å². The Morgan fingerprint density at radius 3 is 1.75 bits per heavy atom. The molecule has 0 unspecified atom stereocenters. The highest BCUT2D eigenvalue weighted by atomic mass is 35.5. The molecule has 0 saturated heterocycles. The van der Waals surface area contributed by atoms with E-state index in [1.807, 2.05) is 0 Å². The summed E-state index contributed by atoms with van der Waals surface area (Å²) < 4.78 is 0. The average molecular weight is 253 g/mol. The third-order valence-corrected chi connectivity index (χ3v) is 2.68. The number of hydrogen-bond donors (Lipinski definition) is 0. The quantitative estimate of drug-likeness (QED) is 0.772. The summed E-state index contributed by atoms with van der Waals surface area (Å²) in [5.41, 5.74) is 0.637. The highest BCUT2D eigenvalue weighted by Gasteiger charge is 2.15. The van der Waals surface area contributed by atoms with Gasteiger partial charge in [0.25, 0.3) is 0 Å². The van der Waals surface area contributed by atoms with E-state index in [0.29, 0.717) is 21.2 Å². The monoisotopic (exact) mass is 252 g/mol. The lowest BCUT2D eigenvalue weighted by atomic mass is 10.1. The van der Waals surface area contributed by atoms with Crippen molar-refractivity contribution >= 4 is 29.0 Å². The zero-order valence-corrected chi connectivity index (χ0v) is 9.53. The molecule has 0 N–H and O–H groups in total. The van der Waals surface area contributed by atoms with Gasteiger partial charge in [0, 0.05) is 24.8 Å². The van der Waals surface area contributed by atoms with Crippen LogP contribution in [0.4, 0.5) is 0 Å². The second-order valence-corrected chi connectivity index (χ2v) is 3.85. The van der Waals surface area contributed by atoms with Gasteiger partial charge in [0.05, 0.1) is 21.2 Å². The van der Waals surface area contributed by atoms with Gasteiger partial charge in [-0.2, -0.15) is 0 Å². The molecule has 0 atom stereocenters. The molecule has 0 amide bonds. The highest BCUT2D eigenvalue weighted by Crippen LogP contribution is 2.21. The first-order valence-electron chi connectivity index (χ1n) is 4.44. The molecule has 80 valence electrons. The van der Waals surface area contributed by atoms with Crippen LogP contribution in [0.2, 0.25) is 10.0 Å². The van der Waals surface area contributed by atoms with Crippen LogP contribution in [0.1, 0.15) is 15.9 Å².